The number of aliphatic hydroxyl groups is 1. The van der Waals surface area contributed by atoms with Gasteiger partial charge >= 0.3 is 0 Å². The molecule has 0 aliphatic carbocycles. The fourth-order valence-corrected chi connectivity index (χ4v) is 1.85. The smallest absolute Gasteiger partial charge is 0.123 e. The number of rotatable bonds is 5. The highest BCUT2D eigenvalue weighted by molar-refractivity contribution is 5.45. The predicted molar refractivity (Wildman–Crippen MR) is 75.6 cm³/mol. The van der Waals surface area contributed by atoms with Gasteiger partial charge in [-0.05, 0) is 35.4 Å². The summed E-state index contributed by atoms with van der Waals surface area (Å²) in [6.07, 6.45) is -0.312. The Morgan fingerprint density at radius 2 is 1.75 bits per heavy atom. The number of hydrogen-bond acceptors (Lipinski definition) is 3. The molecule has 0 saturated heterocycles. The summed E-state index contributed by atoms with van der Waals surface area (Å²) < 4.78 is 12.8. The average Bonchev–Trinajstić information content (AvgIpc) is 2.47. The number of anilines is 1. The van der Waals surface area contributed by atoms with Crippen LogP contribution in [0.1, 0.15) is 17.2 Å². The van der Waals surface area contributed by atoms with Gasteiger partial charge in [0.1, 0.15) is 5.82 Å². The molecular weight excluding hydrogens is 255 g/mol. The summed E-state index contributed by atoms with van der Waals surface area (Å²) in [7, 11) is 0. The van der Waals surface area contributed by atoms with Crippen molar-refractivity contribution in [3.8, 4) is 6.07 Å². The zero-order valence-electron chi connectivity index (χ0n) is 10.9. The molecule has 0 amide bonds. The van der Waals surface area contributed by atoms with E-state index in [2.05, 4.69) is 11.4 Å². The first kappa shape index (κ1) is 14.0. The molecule has 0 aromatic heterocycles. The Morgan fingerprint density at radius 3 is 2.35 bits per heavy atom. The number of hydrogen-bond donors (Lipinski definition) is 2. The quantitative estimate of drug-likeness (QED) is 0.878. The summed E-state index contributed by atoms with van der Waals surface area (Å²) in [4.78, 5) is 0. The SMILES string of the molecule is N#CCc1ccc(NCC(O)c2ccc(F)cc2)cc1. The minimum absolute atomic E-state index is 0.318. The Hall–Kier alpha value is -2.38. The average molecular weight is 270 g/mol. The lowest BCUT2D eigenvalue weighted by Crippen LogP contribution is -2.12. The van der Waals surface area contributed by atoms with Crippen LogP contribution in [0.4, 0.5) is 10.1 Å². The maximum absolute atomic E-state index is 12.8. The highest BCUT2D eigenvalue weighted by Crippen LogP contribution is 2.16. The number of nitrogens with one attached hydrogen (secondary N) is 1. The van der Waals surface area contributed by atoms with E-state index in [9.17, 15) is 9.50 Å². The van der Waals surface area contributed by atoms with Crippen molar-refractivity contribution in [2.24, 2.45) is 0 Å². The van der Waals surface area contributed by atoms with Crippen LogP contribution in [0.15, 0.2) is 48.5 Å². The third-order valence-corrected chi connectivity index (χ3v) is 2.99. The predicted octanol–water partition coefficient (Wildman–Crippen LogP) is 3.04. The first-order valence-corrected chi connectivity index (χ1v) is 6.32. The number of nitriles is 1. The minimum atomic E-state index is -0.700. The van der Waals surface area contributed by atoms with Crippen LogP contribution in [0.5, 0.6) is 0 Å². The van der Waals surface area contributed by atoms with E-state index in [4.69, 9.17) is 5.26 Å². The molecule has 0 heterocycles. The molecule has 20 heavy (non-hydrogen) atoms. The van der Waals surface area contributed by atoms with Gasteiger partial charge in [-0.25, -0.2) is 4.39 Å². The summed E-state index contributed by atoms with van der Waals surface area (Å²) in [6, 6.07) is 15.4. The lowest BCUT2D eigenvalue weighted by atomic mass is 10.1. The second-order valence-electron chi connectivity index (χ2n) is 4.48. The van der Waals surface area contributed by atoms with Gasteiger partial charge in [0.25, 0.3) is 0 Å². The fraction of sp³-hybridized carbons (Fsp3) is 0.188. The van der Waals surface area contributed by atoms with Crippen LogP contribution >= 0.6 is 0 Å². The van der Waals surface area contributed by atoms with Gasteiger partial charge in [-0.1, -0.05) is 24.3 Å². The highest BCUT2D eigenvalue weighted by Gasteiger charge is 2.07. The Bertz CT molecular complexity index is 587. The van der Waals surface area contributed by atoms with Gasteiger partial charge in [0.05, 0.1) is 18.6 Å². The Kier molecular flexibility index (Phi) is 4.70. The molecule has 4 heteroatoms. The van der Waals surface area contributed by atoms with Crippen molar-refractivity contribution in [3.63, 3.8) is 0 Å². The van der Waals surface area contributed by atoms with E-state index in [1.54, 1.807) is 12.1 Å². The van der Waals surface area contributed by atoms with Crippen LogP contribution in [0.3, 0.4) is 0 Å². The molecule has 3 nitrogen and oxygen atoms in total. The van der Waals surface area contributed by atoms with Crippen molar-refractivity contribution in [1.82, 2.24) is 0 Å². The number of aliphatic hydroxyl groups excluding tert-OH is 1. The molecule has 0 saturated carbocycles. The normalized spacial score (nSPS) is 11.7. The third kappa shape index (κ3) is 3.81. The van der Waals surface area contributed by atoms with Gasteiger partial charge in [-0.3, -0.25) is 0 Å². The molecule has 0 radical (unpaired) electrons. The van der Waals surface area contributed by atoms with Crippen LogP contribution in [-0.4, -0.2) is 11.7 Å². The maximum atomic E-state index is 12.8. The topological polar surface area (TPSA) is 56.0 Å². The first-order chi connectivity index (χ1) is 9.69. The van der Waals surface area contributed by atoms with Crippen molar-refractivity contribution in [1.29, 1.82) is 5.26 Å². The fourth-order valence-electron chi connectivity index (χ4n) is 1.85. The molecule has 0 bridgehead atoms. The Balaban J connectivity index is 1.91. The maximum Gasteiger partial charge on any atom is 0.123 e. The van der Waals surface area contributed by atoms with Crippen molar-refractivity contribution in [2.75, 3.05) is 11.9 Å². The second kappa shape index (κ2) is 6.69. The van der Waals surface area contributed by atoms with Crippen LogP contribution < -0.4 is 5.32 Å². The Labute approximate surface area is 117 Å². The van der Waals surface area contributed by atoms with Crippen LogP contribution in [-0.2, 0) is 6.42 Å². The molecule has 2 N–H and O–H groups in total. The molecule has 2 aromatic rings. The summed E-state index contributed by atoms with van der Waals surface area (Å²) in [5.74, 6) is -0.318. The zero-order chi connectivity index (χ0) is 14.4. The Morgan fingerprint density at radius 1 is 1.10 bits per heavy atom. The van der Waals surface area contributed by atoms with Crippen molar-refractivity contribution in [3.05, 3.63) is 65.5 Å². The molecule has 0 spiro atoms. The second-order valence-corrected chi connectivity index (χ2v) is 4.48. The molecule has 0 fully saturated rings. The van der Waals surface area contributed by atoms with Gasteiger partial charge in [0.15, 0.2) is 0 Å². The van der Waals surface area contributed by atoms with Gasteiger partial charge < -0.3 is 10.4 Å². The number of benzene rings is 2. The van der Waals surface area contributed by atoms with E-state index < -0.39 is 6.10 Å². The van der Waals surface area contributed by atoms with E-state index in [1.165, 1.54) is 12.1 Å². The third-order valence-electron chi connectivity index (χ3n) is 2.99. The van der Waals surface area contributed by atoms with E-state index in [-0.39, 0.29) is 5.82 Å². The van der Waals surface area contributed by atoms with Crippen LogP contribution in [0, 0.1) is 17.1 Å². The molecule has 102 valence electrons. The standard InChI is InChI=1S/C16H15FN2O/c17-14-5-3-13(4-6-14)16(20)11-19-15-7-1-12(2-8-15)9-10-18/h1-8,16,19-20H,9,11H2. The first-order valence-electron chi connectivity index (χ1n) is 6.32. The van der Waals surface area contributed by atoms with Crippen molar-refractivity contribution in [2.45, 2.75) is 12.5 Å². The lowest BCUT2D eigenvalue weighted by Gasteiger charge is -2.13. The van der Waals surface area contributed by atoms with Gasteiger partial charge in [-0.2, -0.15) is 5.26 Å². The van der Waals surface area contributed by atoms with Crippen LogP contribution in [0.25, 0.3) is 0 Å². The minimum Gasteiger partial charge on any atom is -0.387 e. The molecule has 0 aliphatic heterocycles. The van der Waals surface area contributed by atoms with E-state index in [0.717, 1.165) is 11.3 Å². The summed E-state index contributed by atoms with van der Waals surface area (Å²) in [6.45, 7) is 0.337. The van der Waals surface area contributed by atoms with Crippen molar-refractivity contribution < 1.29 is 9.50 Å². The lowest BCUT2D eigenvalue weighted by molar-refractivity contribution is 0.191. The monoisotopic (exact) mass is 270 g/mol. The molecule has 0 aliphatic rings. The van der Waals surface area contributed by atoms with Crippen LogP contribution in [0.2, 0.25) is 0 Å². The van der Waals surface area contributed by atoms with E-state index in [1.807, 2.05) is 24.3 Å². The zero-order valence-corrected chi connectivity index (χ0v) is 10.9. The largest absolute Gasteiger partial charge is 0.387 e. The number of halogens is 1. The van der Waals surface area contributed by atoms with Crippen molar-refractivity contribution >= 4 is 5.69 Å². The summed E-state index contributed by atoms with van der Waals surface area (Å²) in [5, 5.41) is 21.7. The van der Waals surface area contributed by atoms with Gasteiger partial charge in [-0.15, -0.1) is 0 Å². The highest BCUT2D eigenvalue weighted by atomic mass is 19.1. The molecule has 1 unspecified atom stereocenters. The summed E-state index contributed by atoms with van der Waals surface area (Å²) in [5.41, 5.74) is 2.49. The molecule has 2 aromatic carbocycles. The van der Waals surface area contributed by atoms with E-state index in [0.29, 0.717) is 18.5 Å². The number of nitrogens with zero attached hydrogens (tertiary/aromatic N) is 1. The molecular formula is C16H15FN2O. The molecule has 2 rings (SSSR count). The van der Waals surface area contributed by atoms with Gasteiger partial charge in [0, 0.05) is 12.2 Å². The van der Waals surface area contributed by atoms with E-state index >= 15 is 0 Å². The summed E-state index contributed by atoms with van der Waals surface area (Å²) >= 11 is 0. The molecule has 1 atom stereocenters. The van der Waals surface area contributed by atoms with Gasteiger partial charge in [0.2, 0.25) is 0 Å².